The maximum atomic E-state index is 5.22. The number of ether oxygens (including phenoxy) is 1. The molecule has 0 aliphatic carbocycles. The predicted octanol–water partition coefficient (Wildman–Crippen LogP) is 1.27. The van der Waals surface area contributed by atoms with Crippen molar-refractivity contribution in [1.82, 2.24) is 20.1 Å². The molecule has 0 unspecified atom stereocenters. The van der Waals surface area contributed by atoms with Crippen LogP contribution in [0.4, 0.5) is 11.8 Å². The quantitative estimate of drug-likeness (QED) is 0.787. The van der Waals surface area contributed by atoms with Gasteiger partial charge in [0.05, 0.1) is 6.54 Å². The van der Waals surface area contributed by atoms with Gasteiger partial charge < -0.3 is 19.1 Å². The molecule has 0 spiro atoms. The van der Waals surface area contributed by atoms with Gasteiger partial charge in [0.1, 0.15) is 11.9 Å². The van der Waals surface area contributed by atoms with Gasteiger partial charge in [-0.3, -0.25) is 0 Å². The summed E-state index contributed by atoms with van der Waals surface area (Å²) in [5, 5.41) is 3.90. The molecular formula is C13H20N6O2. The average molecular weight is 292 g/mol. The van der Waals surface area contributed by atoms with Crippen LogP contribution in [0.25, 0.3) is 0 Å². The van der Waals surface area contributed by atoms with Crippen LogP contribution in [0.5, 0.6) is 0 Å². The van der Waals surface area contributed by atoms with E-state index in [-0.39, 0.29) is 6.10 Å². The van der Waals surface area contributed by atoms with Crippen molar-refractivity contribution < 1.29 is 9.26 Å². The van der Waals surface area contributed by atoms with Crippen molar-refractivity contribution in [2.75, 3.05) is 38.1 Å². The molecule has 0 saturated carbocycles. The van der Waals surface area contributed by atoms with Crippen LogP contribution in [0, 0.1) is 0 Å². The molecule has 0 N–H and O–H groups in total. The molecule has 114 valence electrons. The van der Waals surface area contributed by atoms with Crippen LogP contribution in [0.15, 0.2) is 16.8 Å². The lowest BCUT2D eigenvalue weighted by Gasteiger charge is -2.17. The van der Waals surface area contributed by atoms with Crippen molar-refractivity contribution in [1.29, 1.82) is 0 Å². The van der Waals surface area contributed by atoms with E-state index in [1.165, 1.54) is 0 Å². The molecule has 8 heteroatoms. The summed E-state index contributed by atoms with van der Waals surface area (Å²) in [7, 11) is 7.31. The summed E-state index contributed by atoms with van der Waals surface area (Å²) < 4.78 is 10.4. The van der Waals surface area contributed by atoms with Crippen molar-refractivity contribution in [3.63, 3.8) is 0 Å². The molecule has 2 aromatic rings. The molecule has 2 rings (SSSR count). The van der Waals surface area contributed by atoms with Crippen LogP contribution in [0.2, 0.25) is 0 Å². The molecule has 2 aromatic heterocycles. The lowest BCUT2D eigenvalue weighted by molar-refractivity contribution is 0.109. The monoisotopic (exact) mass is 292 g/mol. The molecule has 0 fully saturated rings. The maximum Gasteiger partial charge on any atom is 0.246 e. The van der Waals surface area contributed by atoms with Crippen LogP contribution < -0.4 is 9.80 Å². The molecule has 1 atom stereocenters. The Morgan fingerprint density at radius 1 is 1.29 bits per heavy atom. The van der Waals surface area contributed by atoms with Crippen molar-refractivity contribution in [2.24, 2.45) is 0 Å². The van der Waals surface area contributed by atoms with Gasteiger partial charge in [-0.1, -0.05) is 5.16 Å². The molecule has 0 bridgehead atoms. The van der Waals surface area contributed by atoms with Crippen LogP contribution in [-0.2, 0) is 11.3 Å². The smallest absolute Gasteiger partial charge is 0.246 e. The van der Waals surface area contributed by atoms with Crippen LogP contribution in [0.1, 0.15) is 24.7 Å². The van der Waals surface area contributed by atoms with E-state index in [9.17, 15) is 0 Å². The first-order valence-corrected chi connectivity index (χ1v) is 6.58. The first-order valence-electron chi connectivity index (χ1n) is 6.58. The molecule has 2 heterocycles. The Balaban J connectivity index is 2.09. The summed E-state index contributed by atoms with van der Waals surface area (Å²) >= 11 is 0. The van der Waals surface area contributed by atoms with Gasteiger partial charge in [-0.25, -0.2) is 4.98 Å². The third kappa shape index (κ3) is 3.66. The second-order valence-electron chi connectivity index (χ2n) is 4.89. The van der Waals surface area contributed by atoms with E-state index < -0.39 is 0 Å². The van der Waals surface area contributed by atoms with Gasteiger partial charge >= 0.3 is 0 Å². The Morgan fingerprint density at radius 2 is 2.05 bits per heavy atom. The molecule has 21 heavy (non-hydrogen) atoms. The Bertz CT molecular complexity index is 586. The number of nitrogens with zero attached hydrogens (tertiary/aromatic N) is 6. The second-order valence-corrected chi connectivity index (χ2v) is 4.89. The van der Waals surface area contributed by atoms with Crippen molar-refractivity contribution in [3.8, 4) is 0 Å². The third-order valence-electron chi connectivity index (χ3n) is 2.99. The standard InChI is InChI=1S/C13H20N6O2/c1-9(20-5)12-16-11(21-17-12)8-19(4)10-6-7-14-13(15-10)18(2)3/h6-7,9H,8H2,1-5H3/t9-/m0/s1. The van der Waals surface area contributed by atoms with Crippen molar-refractivity contribution in [2.45, 2.75) is 19.6 Å². The lowest BCUT2D eigenvalue weighted by atomic mass is 10.4. The number of anilines is 2. The number of rotatable bonds is 6. The number of hydrogen-bond donors (Lipinski definition) is 0. The molecular weight excluding hydrogens is 272 g/mol. The minimum atomic E-state index is -0.188. The summed E-state index contributed by atoms with van der Waals surface area (Å²) in [6, 6.07) is 1.84. The maximum absolute atomic E-state index is 5.22. The minimum Gasteiger partial charge on any atom is -0.374 e. The summed E-state index contributed by atoms with van der Waals surface area (Å²) in [5.74, 6) is 2.49. The highest BCUT2D eigenvalue weighted by molar-refractivity contribution is 5.42. The topological polar surface area (TPSA) is 80.4 Å². The average Bonchev–Trinajstić information content (AvgIpc) is 2.95. The summed E-state index contributed by atoms with van der Waals surface area (Å²) in [4.78, 5) is 16.7. The number of aromatic nitrogens is 4. The molecule has 0 aliphatic rings. The van der Waals surface area contributed by atoms with Crippen LogP contribution in [-0.4, -0.2) is 48.4 Å². The fraction of sp³-hybridized carbons (Fsp3) is 0.538. The van der Waals surface area contributed by atoms with Gasteiger partial charge in [-0.2, -0.15) is 9.97 Å². The van der Waals surface area contributed by atoms with Crippen LogP contribution >= 0.6 is 0 Å². The normalized spacial score (nSPS) is 12.2. The molecule has 0 aromatic carbocycles. The zero-order valence-electron chi connectivity index (χ0n) is 12.9. The van der Waals surface area contributed by atoms with E-state index in [1.807, 2.05) is 43.9 Å². The zero-order valence-corrected chi connectivity index (χ0v) is 12.9. The van der Waals surface area contributed by atoms with Gasteiger partial charge in [0.25, 0.3) is 0 Å². The SMILES string of the molecule is CO[C@@H](C)c1noc(CN(C)c2ccnc(N(C)C)n2)n1. The van der Waals surface area contributed by atoms with E-state index in [2.05, 4.69) is 20.1 Å². The minimum absolute atomic E-state index is 0.188. The Labute approximate surface area is 123 Å². The number of methoxy groups -OCH3 is 1. The van der Waals surface area contributed by atoms with Gasteiger partial charge in [0.15, 0.2) is 5.82 Å². The van der Waals surface area contributed by atoms with E-state index in [1.54, 1.807) is 13.3 Å². The molecule has 8 nitrogen and oxygen atoms in total. The summed E-state index contributed by atoms with van der Waals surface area (Å²) in [6.45, 7) is 2.33. The van der Waals surface area contributed by atoms with E-state index in [0.717, 1.165) is 5.82 Å². The fourth-order valence-corrected chi connectivity index (χ4v) is 1.65. The molecule has 0 aliphatic heterocycles. The summed E-state index contributed by atoms with van der Waals surface area (Å²) in [5.41, 5.74) is 0. The van der Waals surface area contributed by atoms with E-state index >= 15 is 0 Å². The van der Waals surface area contributed by atoms with E-state index in [0.29, 0.717) is 24.2 Å². The van der Waals surface area contributed by atoms with Crippen molar-refractivity contribution in [3.05, 3.63) is 24.0 Å². The van der Waals surface area contributed by atoms with Gasteiger partial charge in [-0.15, -0.1) is 0 Å². The number of hydrogen-bond acceptors (Lipinski definition) is 8. The first-order chi connectivity index (χ1) is 10.0. The molecule has 0 amide bonds. The van der Waals surface area contributed by atoms with E-state index in [4.69, 9.17) is 9.26 Å². The van der Waals surface area contributed by atoms with Crippen molar-refractivity contribution >= 4 is 11.8 Å². The second kappa shape index (κ2) is 6.49. The highest BCUT2D eigenvalue weighted by Crippen LogP contribution is 2.16. The molecule has 0 radical (unpaired) electrons. The largest absolute Gasteiger partial charge is 0.374 e. The fourth-order valence-electron chi connectivity index (χ4n) is 1.65. The zero-order chi connectivity index (χ0) is 15.4. The first kappa shape index (κ1) is 15.2. The Kier molecular flexibility index (Phi) is 4.69. The third-order valence-corrected chi connectivity index (χ3v) is 2.99. The van der Waals surface area contributed by atoms with Gasteiger partial charge in [0.2, 0.25) is 11.8 Å². The summed E-state index contributed by atoms with van der Waals surface area (Å²) in [6.07, 6.45) is 1.53. The van der Waals surface area contributed by atoms with Gasteiger partial charge in [-0.05, 0) is 13.0 Å². The molecule has 0 saturated heterocycles. The van der Waals surface area contributed by atoms with Crippen LogP contribution in [0.3, 0.4) is 0 Å². The Hall–Kier alpha value is -2.22. The van der Waals surface area contributed by atoms with Gasteiger partial charge in [0, 0.05) is 34.4 Å². The highest BCUT2D eigenvalue weighted by Gasteiger charge is 2.15. The highest BCUT2D eigenvalue weighted by atomic mass is 16.5. The lowest BCUT2D eigenvalue weighted by Crippen LogP contribution is -2.20. The predicted molar refractivity (Wildman–Crippen MR) is 78.2 cm³/mol. The Morgan fingerprint density at radius 3 is 2.71 bits per heavy atom.